The van der Waals surface area contributed by atoms with Crippen molar-refractivity contribution in [3.63, 3.8) is 0 Å². The van der Waals surface area contributed by atoms with Gasteiger partial charge in [0.1, 0.15) is 23.5 Å². The number of imide groups is 1. The number of likely N-dealkylation sites (N-methyl/N-ethyl adjacent to an activating group) is 1. The van der Waals surface area contributed by atoms with Crippen molar-refractivity contribution in [3.05, 3.63) is 93.9 Å². The Morgan fingerprint density at radius 1 is 1.07 bits per heavy atom. The third kappa shape index (κ3) is 5.00. The monoisotopic (exact) mass is 584 g/mol. The summed E-state index contributed by atoms with van der Waals surface area (Å²) >= 11 is 1.23. The van der Waals surface area contributed by atoms with Gasteiger partial charge in [0.2, 0.25) is 5.91 Å². The maximum Gasteiger partial charge on any atom is 0.261 e. The SMILES string of the molecule is Cc1cc(-c2ncnc3c2N(C)CC(=O)N3)sc1C(=O)N[C@@H](Cc1cccc(F)c1)CN1C(=O)c2ccccc2C1=O. The maximum atomic E-state index is 14.0. The highest BCUT2D eigenvalue weighted by molar-refractivity contribution is 7.17. The van der Waals surface area contributed by atoms with Gasteiger partial charge in [-0.1, -0.05) is 24.3 Å². The Hall–Kier alpha value is -4.97. The number of benzene rings is 2. The molecule has 4 aromatic rings. The summed E-state index contributed by atoms with van der Waals surface area (Å²) in [5.41, 5.74) is 3.17. The first-order valence-electron chi connectivity index (χ1n) is 13.2. The minimum atomic E-state index is -0.695. The van der Waals surface area contributed by atoms with E-state index in [-0.39, 0.29) is 25.4 Å². The quantitative estimate of drug-likeness (QED) is 0.318. The van der Waals surface area contributed by atoms with Crippen LogP contribution in [0, 0.1) is 12.7 Å². The molecular weight excluding hydrogens is 559 g/mol. The van der Waals surface area contributed by atoms with Crippen LogP contribution in [-0.4, -0.2) is 64.7 Å². The predicted molar refractivity (Wildman–Crippen MR) is 155 cm³/mol. The molecule has 0 saturated heterocycles. The molecule has 0 radical (unpaired) electrons. The van der Waals surface area contributed by atoms with Crippen LogP contribution in [0.4, 0.5) is 15.9 Å². The predicted octanol–water partition coefficient (Wildman–Crippen LogP) is 3.68. The number of aromatic nitrogens is 2. The van der Waals surface area contributed by atoms with Gasteiger partial charge in [-0.3, -0.25) is 24.1 Å². The van der Waals surface area contributed by atoms with Crippen LogP contribution in [0.25, 0.3) is 10.6 Å². The van der Waals surface area contributed by atoms with Crippen LogP contribution in [0.1, 0.15) is 41.5 Å². The van der Waals surface area contributed by atoms with E-state index in [1.54, 1.807) is 55.3 Å². The molecule has 0 spiro atoms. The average Bonchev–Trinajstić information content (AvgIpc) is 3.46. The van der Waals surface area contributed by atoms with E-state index < -0.39 is 29.6 Å². The Morgan fingerprint density at radius 3 is 2.52 bits per heavy atom. The lowest BCUT2D eigenvalue weighted by molar-refractivity contribution is -0.115. The van der Waals surface area contributed by atoms with Gasteiger partial charge in [0.05, 0.1) is 33.5 Å². The molecule has 6 rings (SSSR count). The first-order chi connectivity index (χ1) is 20.2. The standard InChI is InChI=1S/C30H25FN6O4S/c1-16-10-22(24-25-27(33-15-32-24)35-23(38)14-36(25)2)42-26(16)28(39)34-19(12-17-6-5-7-18(31)11-17)13-37-29(40)20-8-3-4-9-21(20)30(37)41/h3-11,15,19H,12-14H2,1-2H3,(H,34,39)(H,32,33,35,38)/t19-/m0/s1. The number of nitrogens with zero attached hydrogens (tertiary/aromatic N) is 4. The van der Waals surface area contributed by atoms with Gasteiger partial charge in [-0.2, -0.15) is 0 Å². The zero-order valence-corrected chi connectivity index (χ0v) is 23.5. The van der Waals surface area contributed by atoms with Gasteiger partial charge >= 0.3 is 0 Å². The topological polar surface area (TPSA) is 125 Å². The molecule has 2 aromatic heterocycles. The molecule has 1 atom stereocenters. The minimum Gasteiger partial charge on any atom is -0.360 e. The van der Waals surface area contributed by atoms with Crippen LogP contribution in [0.15, 0.2) is 60.9 Å². The third-order valence-corrected chi connectivity index (χ3v) is 8.43. The van der Waals surface area contributed by atoms with E-state index in [4.69, 9.17) is 0 Å². The van der Waals surface area contributed by atoms with E-state index in [9.17, 15) is 23.6 Å². The molecule has 0 saturated carbocycles. The fourth-order valence-electron chi connectivity index (χ4n) is 5.29. The molecule has 10 nitrogen and oxygen atoms in total. The van der Waals surface area contributed by atoms with E-state index in [1.807, 2.05) is 6.07 Å². The number of hydrogen-bond acceptors (Lipinski definition) is 8. The van der Waals surface area contributed by atoms with Crippen LogP contribution in [0.3, 0.4) is 0 Å². The van der Waals surface area contributed by atoms with Crippen LogP contribution in [0.2, 0.25) is 0 Å². The Kier molecular flexibility index (Phi) is 6.99. The zero-order chi connectivity index (χ0) is 29.5. The summed E-state index contributed by atoms with van der Waals surface area (Å²) in [6, 6.07) is 13.7. The Labute approximate surface area is 244 Å². The lowest BCUT2D eigenvalue weighted by Gasteiger charge is -2.27. The summed E-state index contributed by atoms with van der Waals surface area (Å²) in [7, 11) is 1.77. The van der Waals surface area contributed by atoms with Gasteiger partial charge < -0.3 is 15.5 Å². The number of aryl methyl sites for hydroxylation is 1. The lowest BCUT2D eigenvalue weighted by atomic mass is 10.0. The largest absolute Gasteiger partial charge is 0.360 e. The van der Waals surface area contributed by atoms with Crippen LogP contribution >= 0.6 is 11.3 Å². The average molecular weight is 585 g/mol. The molecule has 2 aromatic carbocycles. The van der Waals surface area contributed by atoms with Gasteiger partial charge in [0.25, 0.3) is 17.7 Å². The highest BCUT2D eigenvalue weighted by Gasteiger charge is 2.37. The van der Waals surface area contributed by atoms with Crippen molar-refractivity contribution in [3.8, 4) is 10.6 Å². The number of carbonyl (C=O) groups excluding carboxylic acids is 4. The molecule has 4 heterocycles. The number of halogens is 1. The first-order valence-corrected chi connectivity index (χ1v) is 14.0. The molecule has 42 heavy (non-hydrogen) atoms. The molecule has 0 fully saturated rings. The van der Waals surface area contributed by atoms with Crippen molar-refractivity contribution < 1.29 is 23.6 Å². The number of anilines is 2. The molecule has 0 bridgehead atoms. The van der Waals surface area contributed by atoms with Crippen molar-refractivity contribution in [2.24, 2.45) is 0 Å². The van der Waals surface area contributed by atoms with E-state index >= 15 is 0 Å². The molecule has 0 unspecified atom stereocenters. The molecule has 4 amide bonds. The summed E-state index contributed by atoms with van der Waals surface area (Å²) in [6.45, 7) is 1.86. The Bertz CT molecular complexity index is 1740. The van der Waals surface area contributed by atoms with E-state index in [2.05, 4.69) is 20.6 Å². The van der Waals surface area contributed by atoms with Gasteiger partial charge in [-0.25, -0.2) is 14.4 Å². The van der Waals surface area contributed by atoms with Crippen LogP contribution < -0.4 is 15.5 Å². The van der Waals surface area contributed by atoms with Gasteiger partial charge in [-0.05, 0) is 54.8 Å². The molecule has 2 aliphatic heterocycles. The number of nitrogens with one attached hydrogen (secondary N) is 2. The maximum absolute atomic E-state index is 14.0. The molecule has 12 heteroatoms. The van der Waals surface area contributed by atoms with Crippen molar-refractivity contribution in [2.45, 2.75) is 19.4 Å². The summed E-state index contributed by atoms with van der Waals surface area (Å²) in [5.74, 6) is -1.48. The van der Waals surface area contributed by atoms with Crippen LogP contribution in [-0.2, 0) is 11.2 Å². The Balaban J connectivity index is 1.28. The van der Waals surface area contributed by atoms with Gasteiger partial charge in [-0.15, -0.1) is 11.3 Å². The fourth-order valence-corrected chi connectivity index (χ4v) is 6.36. The van der Waals surface area contributed by atoms with E-state index in [0.29, 0.717) is 49.2 Å². The summed E-state index contributed by atoms with van der Waals surface area (Å²) < 4.78 is 14.0. The highest BCUT2D eigenvalue weighted by Crippen LogP contribution is 2.39. The normalized spacial score (nSPS) is 14.9. The molecule has 2 aliphatic rings. The number of fused-ring (bicyclic) bond motifs is 2. The second-order valence-electron chi connectivity index (χ2n) is 10.2. The van der Waals surface area contributed by atoms with E-state index in [1.165, 1.54) is 29.8 Å². The summed E-state index contributed by atoms with van der Waals surface area (Å²) in [5, 5.41) is 5.73. The smallest absolute Gasteiger partial charge is 0.261 e. The van der Waals surface area contributed by atoms with Crippen molar-refractivity contribution in [2.75, 3.05) is 30.4 Å². The summed E-state index contributed by atoms with van der Waals surface area (Å²) in [4.78, 5) is 64.4. The molecule has 0 aliphatic carbocycles. The summed E-state index contributed by atoms with van der Waals surface area (Å²) in [6.07, 6.45) is 1.55. The zero-order valence-electron chi connectivity index (χ0n) is 22.7. The molecular formula is C30H25FN6O4S. The molecule has 2 N–H and O–H groups in total. The van der Waals surface area contributed by atoms with Gasteiger partial charge in [0.15, 0.2) is 5.82 Å². The number of amides is 4. The lowest BCUT2D eigenvalue weighted by Crippen LogP contribution is -2.46. The van der Waals surface area contributed by atoms with Crippen molar-refractivity contribution >= 4 is 46.5 Å². The second kappa shape index (κ2) is 10.8. The number of carbonyl (C=O) groups is 4. The van der Waals surface area contributed by atoms with Crippen molar-refractivity contribution in [1.29, 1.82) is 0 Å². The number of hydrogen-bond donors (Lipinski definition) is 2. The minimum absolute atomic E-state index is 0.0875. The van der Waals surface area contributed by atoms with Crippen LogP contribution in [0.5, 0.6) is 0 Å². The third-order valence-electron chi connectivity index (χ3n) is 7.19. The number of rotatable bonds is 7. The van der Waals surface area contributed by atoms with Gasteiger partial charge in [0, 0.05) is 13.6 Å². The second-order valence-corrected chi connectivity index (χ2v) is 11.3. The highest BCUT2D eigenvalue weighted by atomic mass is 32.1. The van der Waals surface area contributed by atoms with E-state index in [0.717, 1.165) is 4.90 Å². The molecule has 212 valence electrons. The number of thiophene rings is 1. The fraction of sp³-hybridized carbons (Fsp3) is 0.200. The Morgan fingerprint density at radius 2 is 1.81 bits per heavy atom. The first kappa shape index (κ1) is 27.2. The van der Waals surface area contributed by atoms with Crippen molar-refractivity contribution in [1.82, 2.24) is 20.2 Å².